The van der Waals surface area contributed by atoms with Crippen LogP contribution in [0.2, 0.25) is 0 Å². The van der Waals surface area contributed by atoms with Gasteiger partial charge >= 0.3 is 0 Å². The lowest BCUT2D eigenvalue weighted by Crippen LogP contribution is -1.98. The largest absolute Gasteiger partial charge is 0.271 e. The average Bonchev–Trinajstić information content (AvgIpc) is 3.12. The van der Waals surface area contributed by atoms with Crippen molar-refractivity contribution in [2.75, 3.05) is 11.5 Å². The van der Waals surface area contributed by atoms with E-state index in [9.17, 15) is 4.39 Å². The number of fused-ring (bicyclic) bond motifs is 5. The van der Waals surface area contributed by atoms with Gasteiger partial charge in [-0.2, -0.15) is 0 Å². The molecule has 0 saturated heterocycles. The van der Waals surface area contributed by atoms with Crippen LogP contribution in [-0.2, 0) is 0 Å². The second-order valence-corrected chi connectivity index (χ2v) is 8.50. The maximum absolute atomic E-state index is 13.8. The highest BCUT2D eigenvalue weighted by atomic mass is 32.2. The third-order valence-corrected chi connectivity index (χ3v) is 6.77. The van der Waals surface area contributed by atoms with Gasteiger partial charge in [0.05, 0.1) is 16.6 Å². The molecular formula is C22H16FN3S2. The molecule has 0 radical (unpaired) electrons. The fraction of sp³-hybridized carbons (Fsp3) is 0.0909. The Balaban J connectivity index is 1.50. The summed E-state index contributed by atoms with van der Waals surface area (Å²) in [6.07, 6.45) is 0. The highest BCUT2D eigenvalue weighted by Gasteiger charge is 2.14. The molecule has 0 fully saturated rings. The summed E-state index contributed by atoms with van der Waals surface area (Å²) in [5.41, 5.74) is 3.88. The molecule has 0 amide bonds. The summed E-state index contributed by atoms with van der Waals surface area (Å²) in [6, 6.07) is 23.1. The first kappa shape index (κ1) is 17.5. The first-order valence-corrected chi connectivity index (χ1v) is 10.9. The highest BCUT2D eigenvalue weighted by molar-refractivity contribution is 8.02. The average molecular weight is 406 g/mol. The fourth-order valence-electron chi connectivity index (χ4n) is 3.26. The van der Waals surface area contributed by atoms with Gasteiger partial charge in [0.1, 0.15) is 11.5 Å². The lowest BCUT2D eigenvalue weighted by Gasteiger charge is -2.08. The number of hydrogen-bond acceptors (Lipinski definition) is 4. The Hall–Kier alpha value is -2.57. The number of nitrogens with zero attached hydrogens (tertiary/aromatic N) is 3. The van der Waals surface area contributed by atoms with Crippen LogP contribution in [0.3, 0.4) is 0 Å². The van der Waals surface area contributed by atoms with Gasteiger partial charge in [0, 0.05) is 21.8 Å². The Labute approximate surface area is 170 Å². The maximum Gasteiger partial charge on any atom is 0.174 e. The van der Waals surface area contributed by atoms with Gasteiger partial charge in [-0.1, -0.05) is 48.2 Å². The van der Waals surface area contributed by atoms with Crippen LogP contribution in [-0.4, -0.2) is 25.9 Å². The fourth-order valence-corrected chi connectivity index (χ4v) is 5.18. The van der Waals surface area contributed by atoms with E-state index in [4.69, 9.17) is 9.97 Å². The van der Waals surface area contributed by atoms with Crippen molar-refractivity contribution in [2.45, 2.75) is 10.1 Å². The van der Waals surface area contributed by atoms with Gasteiger partial charge in [-0.05, 0) is 36.4 Å². The van der Waals surface area contributed by atoms with E-state index in [0.717, 1.165) is 44.2 Å². The van der Waals surface area contributed by atoms with Crippen LogP contribution in [0.25, 0.3) is 27.6 Å². The Morgan fingerprint density at radius 3 is 2.36 bits per heavy atom. The topological polar surface area (TPSA) is 30.2 Å². The number of aromatic nitrogens is 3. The van der Waals surface area contributed by atoms with E-state index >= 15 is 0 Å². The number of halogens is 1. The summed E-state index contributed by atoms with van der Waals surface area (Å²) in [5, 5.41) is 1.96. The Morgan fingerprint density at radius 1 is 0.750 bits per heavy atom. The van der Waals surface area contributed by atoms with E-state index in [1.54, 1.807) is 17.8 Å². The van der Waals surface area contributed by atoms with Gasteiger partial charge in [0.15, 0.2) is 5.16 Å². The number of rotatable bonds is 5. The van der Waals surface area contributed by atoms with Crippen molar-refractivity contribution < 1.29 is 4.39 Å². The first-order valence-electron chi connectivity index (χ1n) is 8.97. The van der Waals surface area contributed by atoms with E-state index in [0.29, 0.717) is 4.90 Å². The van der Waals surface area contributed by atoms with E-state index in [1.165, 1.54) is 17.8 Å². The summed E-state index contributed by atoms with van der Waals surface area (Å²) < 4.78 is 15.9. The first-order chi connectivity index (χ1) is 13.8. The summed E-state index contributed by atoms with van der Waals surface area (Å²) >= 11 is 3.21. The summed E-state index contributed by atoms with van der Waals surface area (Å²) in [7, 11) is 0. The van der Waals surface area contributed by atoms with Gasteiger partial charge in [0.2, 0.25) is 0 Å². The Morgan fingerprint density at radius 2 is 1.46 bits per heavy atom. The molecule has 0 aliphatic rings. The van der Waals surface area contributed by atoms with Crippen molar-refractivity contribution in [1.82, 2.24) is 14.4 Å². The molecule has 28 heavy (non-hydrogen) atoms. The lowest BCUT2D eigenvalue weighted by molar-refractivity contribution is 0.602. The van der Waals surface area contributed by atoms with Crippen LogP contribution in [0.4, 0.5) is 4.39 Å². The standard InChI is InChI=1S/C22H16FN3S2/c23-16-8-2-6-12-20(16)27-13-14-28-22-25-17-9-3-1-7-15(17)21-24-18-10-4-5-11-19(18)26(21)22/h1-12H,13-14H2. The lowest BCUT2D eigenvalue weighted by atomic mass is 10.2. The molecule has 3 nitrogen and oxygen atoms in total. The molecule has 6 heteroatoms. The SMILES string of the molecule is Fc1ccccc1SCCSc1nc2ccccc2c2nc3ccccc3n12. The summed E-state index contributed by atoms with van der Waals surface area (Å²) in [5.74, 6) is 1.46. The molecule has 5 rings (SSSR count). The van der Waals surface area contributed by atoms with Crippen molar-refractivity contribution in [3.05, 3.63) is 78.6 Å². The molecule has 0 aliphatic heterocycles. The van der Waals surface area contributed by atoms with Crippen LogP contribution in [0.15, 0.2) is 82.8 Å². The molecule has 138 valence electrons. The molecule has 0 N–H and O–H groups in total. The normalized spacial score (nSPS) is 11.6. The quantitative estimate of drug-likeness (QED) is 0.202. The molecule has 2 heterocycles. The van der Waals surface area contributed by atoms with Gasteiger partial charge in [-0.15, -0.1) is 11.8 Å². The van der Waals surface area contributed by atoms with Crippen molar-refractivity contribution in [1.29, 1.82) is 0 Å². The monoisotopic (exact) mass is 405 g/mol. The Bertz CT molecular complexity index is 1300. The summed E-state index contributed by atoms with van der Waals surface area (Å²) in [4.78, 5) is 10.4. The third-order valence-electron chi connectivity index (χ3n) is 4.52. The van der Waals surface area contributed by atoms with Crippen LogP contribution < -0.4 is 0 Å². The predicted octanol–water partition coefficient (Wildman–Crippen LogP) is 6.06. The minimum atomic E-state index is -0.163. The van der Waals surface area contributed by atoms with Crippen molar-refractivity contribution >= 4 is 51.1 Å². The molecule has 0 unspecified atom stereocenters. The van der Waals surface area contributed by atoms with Gasteiger partial charge < -0.3 is 0 Å². The van der Waals surface area contributed by atoms with E-state index in [2.05, 4.69) is 16.5 Å². The number of imidazole rings is 1. The van der Waals surface area contributed by atoms with Crippen LogP contribution in [0.5, 0.6) is 0 Å². The maximum atomic E-state index is 13.8. The van der Waals surface area contributed by atoms with Crippen molar-refractivity contribution in [2.24, 2.45) is 0 Å². The number of hydrogen-bond donors (Lipinski definition) is 0. The van der Waals surface area contributed by atoms with Gasteiger partial charge in [-0.25, -0.2) is 14.4 Å². The van der Waals surface area contributed by atoms with E-state index < -0.39 is 0 Å². The molecule has 2 aromatic heterocycles. The van der Waals surface area contributed by atoms with Gasteiger partial charge in [0.25, 0.3) is 0 Å². The molecule has 5 aromatic rings. The van der Waals surface area contributed by atoms with E-state index in [-0.39, 0.29) is 5.82 Å². The zero-order valence-electron chi connectivity index (χ0n) is 14.9. The van der Waals surface area contributed by atoms with Crippen molar-refractivity contribution in [3.63, 3.8) is 0 Å². The molecule has 0 bridgehead atoms. The third kappa shape index (κ3) is 3.12. The van der Waals surface area contributed by atoms with Crippen LogP contribution >= 0.6 is 23.5 Å². The zero-order valence-corrected chi connectivity index (χ0v) is 16.5. The predicted molar refractivity (Wildman–Crippen MR) is 116 cm³/mol. The second kappa shape index (κ2) is 7.45. The van der Waals surface area contributed by atoms with Crippen LogP contribution in [0, 0.1) is 5.82 Å². The molecule has 0 atom stereocenters. The van der Waals surface area contributed by atoms with Crippen molar-refractivity contribution in [3.8, 4) is 0 Å². The molecule has 3 aromatic carbocycles. The van der Waals surface area contributed by atoms with Crippen LogP contribution in [0.1, 0.15) is 0 Å². The highest BCUT2D eigenvalue weighted by Crippen LogP contribution is 2.30. The molecule has 0 spiro atoms. The summed E-state index contributed by atoms with van der Waals surface area (Å²) in [6.45, 7) is 0. The zero-order chi connectivity index (χ0) is 18.9. The number of para-hydroxylation sites is 3. The Kier molecular flexibility index (Phi) is 4.66. The number of benzene rings is 3. The van der Waals surface area contributed by atoms with E-state index in [1.807, 2.05) is 48.5 Å². The minimum Gasteiger partial charge on any atom is -0.271 e. The van der Waals surface area contributed by atoms with Gasteiger partial charge in [-0.3, -0.25) is 4.40 Å². The smallest absolute Gasteiger partial charge is 0.174 e. The minimum absolute atomic E-state index is 0.163. The molecule has 0 aliphatic carbocycles. The molecule has 0 saturated carbocycles. The number of thioether (sulfide) groups is 2. The second-order valence-electron chi connectivity index (χ2n) is 6.30. The molecular weight excluding hydrogens is 389 g/mol.